The van der Waals surface area contributed by atoms with Crippen LogP contribution in [0, 0.1) is 6.92 Å². The molecule has 0 radical (unpaired) electrons. The first-order chi connectivity index (χ1) is 13.7. The quantitative estimate of drug-likeness (QED) is 0.340. The summed E-state index contributed by atoms with van der Waals surface area (Å²) in [5.74, 6) is 1.47. The number of aliphatic imine (C=N–C) groups is 1. The SMILES string of the molecule is CCNC(=NCC(C)(O)c1ccc(C)o1)NCCS(=O)(=O)NCc1ccccc1. The molecule has 29 heavy (non-hydrogen) atoms. The van der Waals surface area contributed by atoms with Crippen LogP contribution in [0.1, 0.15) is 30.9 Å². The Morgan fingerprint density at radius 1 is 1.17 bits per heavy atom. The fourth-order valence-corrected chi connectivity index (χ4v) is 3.44. The molecule has 1 heterocycles. The molecule has 0 aliphatic rings. The van der Waals surface area contributed by atoms with Crippen molar-refractivity contribution >= 4 is 16.0 Å². The standard InChI is InChI=1S/C20H30N4O4S/c1-4-21-19(23-15-20(3,25)18-11-10-16(2)28-18)22-12-13-29(26,27)24-14-17-8-6-5-7-9-17/h5-11,24-25H,4,12-15H2,1-3H3,(H2,21,22,23). The molecule has 1 aromatic carbocycles. The molecule has 160 valence electrons. The normalized spacial score (nSPS) is 14.4. The summed E-state index contributed by atoms with van der Waals surface area (Å²) in [6.45, 7) is 6.43. The monoisotopic (exact) mass is 422 g/mol. The average Bonchev–Trinajstić information content (AvgIpc) is 3.13. The lowest BCUT2D eigenvalue weighted by Gasteiger charge is -2.19. The number of nitrogens with one attached hydrogen (secondary N) is 3. The molecule has 1 unspecified atom stereocenters. The Balaban J connectivity index is 1.87. The van der Waals surface area contributed by atoms with Gasteiger partial charge < -0.3 is 20.2 Å². The summed E-state index contributed by atoms with van der Waals surface area (Å²) in [5, 5.41) is 16.6. The predicted octanol–water partition coefficient (Wildman–Crippen LogP) is 1.47. The van der Waals surface area contributed by atoms with Gasteiger partial charge in [0.15, 0.2) is 5.96 Å². The largest absolute Gasteiger partial charge is 0.463 e. The summed E-state index contributed by atoms with van der Waals surface area (Å²) in [4.78, 5) is 4.35. The number of hydrogen-bond acceptors (Lipinski definition) is 5. The van der Waals surface area contributed by atoms with Gasteiger partial charge in [-0.2, -0.15) is 0 Å². The fraction of sp³-hybridized carbons (Fsp3) is 0.450. The minimum Gasteiger partial charge on any atom is -0.463 e. The molecule has 0 fully saturated rings. The fourth-order valence-electron chi connectivity index (χ4n) is 2.54. The Morgan fingerprint density at radius 2 is 1.90 bits per heavy atom. The molecule has 2 rings (SSSR count). The molecule has 1 aromatic heterocycles. The molecule has 2 aromatic rings. The van der Waals surface area contributed by atoms with Gasteiger partial charge in [0.1, 0.15) is 17.1 Å². The van der Waals surface area contributed by atoms with E-state index in [2.05, 4.69) is 20.3 Å². The number of benzene rings is 1. The van der Waals surface area contributed by atoms with Crippen molar-refractivity contribution in [1.82, 2.24) is 15.4 Å². The van der Waals surface area contributed by atoms with Crippen LogP contribution in [0.25, 0.3) is 0 Å². The van der Waals surface area contributed by atoms with Crippen molar-refractivity contribution in [3.63, 3.8) is 0 Å². The highest BCUT2D eigenvalue weighted by Crippen LogP contribution is 2.22. The molecule has 0 spiro atoms. The van der Waals surface area contributed by atoms with Crippen molar-refractivity contribution in [2.24, 2.45) is 4.99 Å². The van der Waals surface area contributed by atoms with Gasteiger partial charge in [0.05, 0.1) is 12.3 Å². The molecule has 9 heteroatoms. The van der Waals surface area contributed by atoms with Gasteiger partial charge in [-0.15, -0.1) is 0 Å². The van der Waals surface area contributed by atoms with Gasteiger partial charge in [-0.05, 0) is 38.5 Å². The van der Waals surface area contributed by atoms with E-state index in [1.165, 1.54) is 0 Å². The first-order valence-electron chi connectivity index (χ1n) is 9.54. The van der Waals surface area contributed by atoms with Crippen molar-refractivity contribution in [3.8, 4) is 0 Å². The summed E-state index contributed by atoms with van der Waals surface area (Å²) in [7, 11) is -3.43. The Morgan fingerprint density at radius 3 is 2.52 bits per heavy atom. The van der Waals surface area contributed by atoms with Crippen molar-refractivity contribution in [2.75, 3.05) is 25.4 Å². The molecule has 4 N–H and O–H groups in total. The number of hydrogen-bond donors (Lipinski definition) is 4. The second-order valence-corrected chi connectivity index (χ2v) is 8.86. The maximum Gasteiger partial charge on any atom is 0.213 e. The van der Waals surface area contributed by atoms with Crippen LogP contribution in [0.5, 0.6) is 0 Å². The summed E-state index contributed by atoms with van der Waals surface area (Å²) >= 11 is 0. The maximum absolute atomic E-state index is 12.2. The molecule has 0 saturated carbocycles. The van der Waals surface area contributed by atoms with Crippen LogP contribution < -0.4 is 15.4 Å². The van der Waals surface area contributed by atoms with Crippen molar-refractivity contribution in [3.05, 3.63) is 59.5 Å². The summed E-state index contributed by atoms with van der Waals surface area (Å²) in [6, 6.07) is 12.8. The van der Waals surface area contributed by atoms with Gasteiger partial charge in [-0.25, -0.2) is 18.1 Å². The van der Waals surface area contributed by atoms with Gasteiger partial charge >= 0.3 is 0 Å². The lowest BCUT2D eigenvalue weighted by atomic mass is 10.0. The van der Waals surface area contributed by atoms with Gasteiger partial charge in [0, 0.05) is 19.6 Å². The van der Waals surface area contributed by atoms with Gasteiger partial charge in [-0.1, -0.05) is 30.3 Å². The van der Waals surface area contributed by atoms with Crippen LogP contribution in [0.2, 0.25) is 0 Å². The van der Waals surface area contributed by atoms with Crippen LogP contribution in [-0.4, -0.2) is 44.9 Å². The zero-order valence-electron chi connectivity index (χ0n) is 17.1. The lowest BCUT2D eigenvalue weighted by molar-refractivity contribution is 0.0428. The Kier molecular flexibility index (Phi) is 8.24. The van der Waals surface area contributed by atoms with Crippen molar-refractivity contribution in [2.45, 2.75) is 32.9 Å². The Labute approximate surface area is 172 Å². The average molecular weight is 423 g/mol. The van der Waals surface area contributed by atoms with Crippen LogP contribution in [0.3, 0.4) is 0 Å². The molecular weight excluding hydrogens is 392 g/mol. The first-order valence-corrected chi connectivity index (χ1v) is 11.2. The molecule has 8 nitrogen and oxygen atoms in total. The smallest absolute Gasteiger partial charge is 0.213 e. The van der Waals surface area contributed by atoms with E-state index in [0.717, 1.165) is 5.56 Å². The van der Waals surface area contributed by atoms with Crippen molar-refractivity contribution < 1.29 is 17.9 Å². The third-order valence-corrected chi connectivity index (χ3v) is 5.49. The molecule has 0 amide bonds. The van der Waals surface area contributed by atoms with Crippen LogP contribution in [0.15, 0.2) is 51.9 Å². The zero-order chi connectivity index (χ0) is 21.3. The van der Waals surface area contributed by atoms with E-state index in [9.17, 15) is 13.5 Å². The van der Waals surface area contributed by atoms with E-state index in [1.807, 2.05) is 37.3 Å². The number of guanidine groups is 1. The third-order valence-electron chi connectivity index (χ3n) is 4.16. The van der Waals surface area contributed by atoms with E-state index in [1.54, 1.807) is 26.0 Å². The van der Waals surface area contributed by atoms with Gasteiger partial charge in [-0.3, -0.25) is 0 Å². The van der Waals surface area contributed by atoms with Crippen LogP contribution in [-0.2, 0) is 22.2 Å². The number of aryl methyl sites for hydroxylation is 1. The van der Waals surface area contributed by atoms with E-state index in [4.69, 9.17) is 4.42 Å². The van der Waals surface area contributed by atoms with E-state index < -0.39 is 15.6 Å². The topological polar surface area (TPSA) is 116 Å². The minimum absolute atomic E-state index is 0.0638. The summed E-state index contributed by atoms with van der Waals surface area (Å²) < 4.78 is 32.4. The molecule has 0 bridgehead atoms. The second kappa shape index (κ2) is 10.4. The maximum atomic E-state index is 12.2. The highest BCUT2D eigenvalue weighted by Gasteiger charge is 2.26. The Hall–Kier alpha value is -2.36. The molecule has 0 saturated heterocycles. The third kappa shape index (κ3) is 7.88. The summed E-state index contributed by atoms with van der Waals surface area (Å²) in [6.07, 6.45) is 0. The molecule has 0 aliphatic carbocycles. The van der Waals surface area contributed by atoms with Crippen LogP contribution >= 0.6 is 0 Å². The molecule has 1 atom stereocenters. The highest BCUT2D eigenvalue weighted by molar-refractivity contribution is 7.89. The number of rotatable bonds is 10. The molecule has 0 aliphatic heterocycles. The lowest BCUT2D eigenvalue weighted by Crippen LogP contribution is -2.42. The summed E-state index contributed by atoms with van der Waals surface area (Å²) in [5.41, 5.74) is -0.366. The second-order valence-electron chi connectivity index (χ2n) is 6.93. The Bertz CT molecular complexity index is 892. The number of sulfonamides is 1. The van der Waals surface area contributed by atoms with Gasteiger partial charge in [0.2, 0.25) is 10.0 Å². The zero-order valence-corrected chi connectivity index (χ0v) is 17.9. The molecular formula is C20H30N4O4S. The van der Waals surface area contributed by atoms with E-state index >= 15 is 0 Å². The van der Waals surface area contributed by atoms with E-state index in [-0.39, 0.29) is 25.4 Å². The van der Waals surface area contributed by atoms with Gasteiger partial charge in [0.25, 0.3) is 0 Å². The highest BCUT2D eigenvalue weighted by atomic mass is 32.2. The van der Waals surface area contributed by atoms with Crippen molar-refractivity contribution in [1.29, 1.82) is 0 Å². The predicted molar refractivity (Wildman–Crippen MR) is 114 cm³/mol. The first kappa shape index (κ1) is 22.9. The number of furan rings is 1. The number of aliphatic hydroxyl groups is 1. The minimum atomic E-state index is -3.43. The van der Waals surface area contributed by atoms with Crippen LogP contribution in [0.4, 0.5) is 0 Å². The van der Waals surface area contributed by atoms with E-state index in [0.29, 0.717) is 24.0 Å². The number of nitrogens with zero attached hydrogens (tertiary/aromatic N) is 1.